The van der Waals surface area contributed by atoms with E-state index in [1.54, 1.807) is 0 Å². The van der Waals surface area contributed by atoms with Crippen LogP contribution < -0.4 is 5.73 Å². The van der Waals surface area contributed by atoms with Crippen LogP contribution in [0, 0.1) is 0 Å². The predicted molar refractivity (Wildman–Crippen MR) is 43.8 cm³/mol. The summed E-state index contributed by atoms with van der Waals surface area (Å²) in [6, 6.07) is -0.570. The molecule has 1 amide bonds. The van der Waals surface area contributed by atoms with E-state index in [0.717, 1.165) is 4.68 Å². The molecule has 0 aromatic carbocycles. The Morgan fingerprint density at radius 1 is 1.50 bits per heavy atom. The highest BCUT2D eigenvalue weighted by molar-refractivity contribution is 5.74. The summed E-state index contributed by atoms with van der Waals surface area (Å²) in [4.78, 5) is 14.9. The number of carbonyl (C=O) groups excluding carboxylic acids is 1. The molecule has 5 nitrogen and oxygen atoms in total. The molecule has 0 saturated carbocycles. The second-order valence-corrected chi connectivity index (χ2v) is 2.40. The molecule has 0 unspecified atom stereocenters. The number of aromatic nitrogens is 3. The van der Waals surface area contributed by atoms with E-state index in [0.29, 0.717) is 24.5 Å². The standard InChI is InChI=1S/C7H12N4O/c1-3-5-9-6(4-2)11(10-5)7(8)12/h3-4H2,1-2H3,(H2,8,12). The first kappa shape index (κ1) is 8.70. The highest BCUT2D eigenvalue weighted by atomic mass is 16.2. The van der Waals surface area contributed by atoms with Gasteiger partial charge in [0.1, 0.15) is 5.82 Å². The Hall–Kier alpha value is -1.39. The van der Waals surface area contributed by atoms with E-state index >= 15 is 0 Å². The molecular formula is C7H12N4O. The SMILES string of the molecule is CCc1nc(CC)n(C(N)=O)n1. The first-order valence-corrected chi connectivity index (χ1v) is 3.93. The Morgan fingerprint density at radius 2 is 2.17 bits per heavy atom. The number of primary amides is 1. The van der Waals surface area contributed by atoms with Gasteiger partial charge in [0, 0.05) is 12.8 Å². The zero-order valence-electron chi connectivity index (χ0n) is 7.24. The van der Waals surface area contributed by atoms with Gasteiger partial charge in [0.25, 0.3) is 0 Å². The number of hydrogen-bond donors (Lipinski definition) is 1. The van der Waals surface area contributed by atoms with E-state index in [2.05, 4.69) is 10.1 Å². The summed E-state index contributed by atoms with van der Waals surface area (Å²) in [5, 5.41) is 3.93. The van der Waals surface area contributed by atoms with Gasteiger partial charge in [-0.2, -0.15) is 4.68 Å². The number of nitrogens with two attached hydrogens (primary N) is 1. The topological polar surface area (TPSA) is 73.8 Å². The number of carbonyl (C=O) groups is 1. The van der Waals surface area contributed by atoms with Crippen molar-refractivity contribution >= 4 is 6.03 Å². The van der Waals surface area contributed by atoms with E-state index in [4.69, 9.17) is 5.73 Å². The summed E-state index contributed by atoms with van der Waals surface area (Å²) in [6.07, 6.45) is 1.38. The Bertz CT molecular complexity index is 292. The molecule has 1 aromatic heterocycles. The molecule has 1 heterocycles. The number of nitrogens with zero attached hydrogens (tertiary/aromatic N) is 3. The average molecular weight is 168 g/mol. The lowest BCUT2D eigenvalue weighted by Gasteiger charge is -1.94. The van der Waals surface area contributed by atoms with Gasteiger partial charge < -0.3 is 5.73 Å². The van der Waals surface area contributed by atoms with Crippen LogP contribution in [-0.4, -0.2) is 20.8 Å². The lowest BCUT2D eigenvalue weighted by Crippen LogP contribution is -2.23. The third kappa shape index (κ3) is 1.44. The predicted octanol–water partition coefficient (Wildman–Crippen LogP) is 0.330. The van der Waals surface area contributed by atoms with E-state index in [9.17, 15) is 4.79 Å². The van der Waals surface area contributed by atoms with E-state index in [1.807, 2.05) is 13.8 Å². The van der Waals surface area contributed by atoms with Gasteiger partial charge in [-0.05, 0) is 0 Å². The van der Waals surface area contributed by atoms with Crippen LogP contribution in [0.15, 0.2) is 0 Å². The summed E-state index contributed by atoms with van der Waals surface area (Å²) in [5.74, 6) is 1.28. The van der Waals surface area contributed by atoms with Crippen LogP contribution in [-0.2, 0) is 12.8 Å². The molecule has 0 aliphatic heterocycles. The van der Waals surface area contributed by atoms with Gasteiger partial charge in [0.15, 0.2) is 5.82 Å². The molecule has 0 fully saturated rings. The Balaban J connectivity index is 3.08. The Kier molecular flexibility index (Phi) is 2.42. The molecule has 0 spiro atoms. The smallest absolute Gasteiger partial charge is 0.341 e. The van der Waals surface area contributed by atoms with Gasteiger partial charge >= 0.3 is 6.03 Å². The minimum atomic E-state index is -0.570. The highest BCUT2D eigenvalue weighted by Gasteiger charge is 2.09. The lowest BCUT2D eigenvalue weighted by atomic mass is 10.4. The minimum Gasteiger partial charge on any atom is -0.350 e. The van der Waals surface area contributed by atoms with Crippen LogP contribution in [0.2, 0.25) is 0 Å². The molecular weight excluding hydrogens is 156 g/mol. The van der Waals surface area contributed by atoms with Crippen molar-refractivity contribution in [1.82, 2.24) is 14.8 Å². The van der Waals surface area contributed by atoms with Gasteiger partial charge in [-0.15, -0.1) is 5.10 Å². The van der Waals surface area contributed by atoms with Gasteiger partial charge in [-0.3, -0.25) is 0 Å². The lowest BCUT2D eigenvalue weighted by molar-refractivity contribution is 0.247. The van der Waals surface area contributed by atoms with Crippen LogP contribution in [0.1, 0.15) is 25.5 Å². The monoisotopic (exact) mass is 168 g/mol. The third-order valence-electron chi connectivity index (χ3n) is 1.56. The Labute approximate surface area is 70.6 Å². The maximum atomic E-state index is 10.8. The van der Waals surface area contributed by atoms with E-state index < -0.39 is 6.03 Å². The molecule has 0 saturated heterocycles. The first-order chi connectivity index (χ1) is 5.69. The summed E-state index contributed by atoms with van der Waals surface area (Å²) >= 11 is 0. The molecule has 0 atom stereocenters. The fourth-order valence-corrected chi connectivity index (χ4v) is 0.947. The molecule has 0 aliphatic carbocycles. The van der Waals surface area contributed by atoms with Crippen molar-refractivity contribution in [3.63, 3.8) is 0 Å². The summed E-state index contributed by atoms with van der Waals surface area (Å²) in [7, 11) is 0. The second kappa shape index (κ2) is 3.34. The molecule has 5 heteroatoms. The van der Waals surface area contributed by atoms with Crippen LogP contribution in [0.3, 0.4) is 0 Å². The zero-order chi connectivity index (χ0) is 9.14. The molecule has 0 bridgehead atoms. The highest BCUT2D eigenvalue weighted by Crippen LogP contribution is 1.99. The molecule has 66 valence electrons. The summed E-state index contributed by atoms with van der Waals surface area (Å²) in [5.41, 5.74) is 5.08. The van der Waals surface area contributed by atoms with Crippen LogP contribution in [0.5, 0.6) is 0 Å². The fourth-order valence-electron chi connectivity index (χ4n) is 0.947. The molecule has 2 N–H and O–H groups in total. The van der Waals surface area contributed by atoms with Gasteiger partial charge in [0.05, 0.1) is 0 Å². The normalized spacial score (nSPS) is 10.2. The average Bonchev–Trinajstić information content (AvgIpc) is 2.47. The van der Waals surface area contributed by atoms with Crippen molar-refractivity contribution < 1.29 is 4.79 Å². The van der Waals surface area contributed by atoms with Crippen molar-refractivity contribution in [2.45, 2.75) is 26.7 Å². The van der Waals surface area contributed by atoms with Crippen molar-refractivity contribution in [2.24, 2.45) is 5.73 Å². The van der Waals surface area contributed by atoms with Crippen LogP contribution in [0.4, 0.5) is 4.79 Å². The molecule has 1 rings (SSSR count). The summed E-state index contributed by atoms with van der Waals surface area (Å²) in [6.45, 7) is 3.84. The fraction of sp³-hybridized carbons (Fsp3) is 0.571. The number of hydrogen-bond acceptors (Lipinski definition) is 3. The van der Waals surface area contributed by atoms with Gasteiger partial charge in [0.2, 0.25) is 0 Å². The zero-order valence-corrected chi connectivity index (χ0v) is 7.24. The van der Waals surface area contributed by atoms with E-state index in [-0.39, 0.29) is 0 Å². The number of rotatable bonds is 2. The molecule has 0 aliphatic rings. The van der Waals surface area contributed by atoms with Gasteiger partial charge in [-0.1, -0.05) is 13.8 Å². The molecule has 12 heavy (non-hydrogen) atoms. The largest absolute Gasteiger partial charge is 0.350 e. The number of amides is 1. The third-order valence-corrected chi connectivity index (χ3v) is 1.56. The summed E-state index contributed by atoms with van der Waals surface area (Å²) < 4.78 is 1.15. The first-order valence-electron chi connectivity index (χ1n) is 3.93. The minimum absolute atomic E-state index is 0.570. The van der Waals surface area contributed by atoms with Crippen molar-refractivity contribution in [2.75, 3.05) is 0 Å². The number of aryl methyl sites for hydroxylation is 2. The van der Waals surface area contributed by atoms with Crippen LogP contribution in [0.25, 0.3) is 0 Å². The van der Waals surface area contributed by atoms with Crippen molar-refractivity contribution in [1.29, 1.82) is 0 Å². The van der Waals surface area contributed by atoms with Crippen molar-refractivity contribution in [3.8, 4) is 0 Å². The van der Waals surface area contributed by atoms with E-state index in [1.165, 1.54) is 0 Å². The Morgan fingerprint density at radius 3 is 2.50 bits per heavy atom. The molecule has 0 radical (unpaired) electrons. The second-order valence-electron chi connectivity index (χ2n) is 2.40. The van der Waals surface area contributed by atoms with Crippen molar-refractivity contribution in [3.05, 3.63) is 11.6 Å². The van der Waals surface area contributed by atoms with Gasteiger partial charge in [-0.25, -0.2) is 9.78 Å². The maximum Gasteiger partial charge on any atom is 0.341 e. The quantitative estimate of drug-likeness (QED) is 0.691. The molecule has 1 aromatic rings. The van der Waals surface area contributed by atoms with Crippen LogP contribution >= 0.6 is 0 Å². The maximum absolute atomic E-state index is 10.8.